The molecule has 2 atom stereocenters. The zero-order valence-electron chi connectivity index (χ0n) is 12.5. The molecule has 1 fully saturated rings. The molecule has 1 heterocycles. The largest absolute Gasteiger partial charge is 0.350 e. The fourth-order valence-electron chi connectivity index (χ4n) is 2.56. The van der Waals surface area contributed by atoms with Gasteiger partial charge < -0.3 is 5.32 Å². The van der Waals surface area contributed by atoms with Gasteiger partial charge in [-0.1, -0.05) is 43.3 Å². The van der Waals surface area contributed by atoms with Gasteiger partial charge in [-0.2, -0.15) is 0 Å². The maximum atomic E-state index is 12.0. The molecule has 1 aliphatic heterocycles. The van der Waals surface area contributed by atoms with Gasteiger partial charge in [0.2, 0.25) is 5.91 Å². The van der Waals surface area contributed by atoms with Crippen LogP contribution in [0.2, 0.25) is 0 Å². The Bertz CT molecular complexity index is 507. The minimum atomic E-state index is 0.0398. The van der Waals surface area contributed by atoms with E-state index in [1.54, 1.807) is 6.08 Å². The predicted octanol–water partition coefficient (Wildman–Crippen LogP) is 3.05. The number of carbonyl (C=O) groups is 2. The Labute approximate surface area is 126 Å². The van der Waals surface area contributed by atoms with Crippen molar-refractivity contribution in [1.29, 1.82) is 0 Å². The summed E-state index contributed by atoms with van der Waals surface area (Å²) < 4.78 is 0. The highest BCUT2D eigenvalue weighted by Gasteiger charge is 2.18. The van der Waals surface area contributed by atoms with Crippen molar-refractivity contribution in [2.24, 2.45) is 5.92 Å². The number of nitrogens with one attached hydrogen (secondary N) is 1. The summed E-state index contributed by atoms with van der Waals surface area (Å²) in [5, 5.41) is 2.83. The molecule has 112 valence electrons. The number of hydrogen-bond acceptors (Lipinski definition) is 2. The molecule has 1 N–H and O–H groups in total. The summed E-state index contributed by atoms with van der Waals surface area (Å²) in [6, 6.07) is 10.4. The quantitative estimate of drug-likeness (QED) is 0.783. The van der Waals surface area contributed by atoms with Gasteiger partial charge in [0, 0.05) is 18.4 Å². The van der Waals surface area contributed by atoms with Crippen molar-refractivity contribution in [2.75, 3.05) is 0 Å². The molecule has 1 unspecified atom stereocenters. The van der Waals surface area contributed by atoms with Gasteiger partial charge in [-0.25, -0.2) is 0 Å². The maximum Gasteiger partial charge on any atom is 0.220 e. The first-order chi connectivity index (χ1) is 10.1. The van der Waals surface area contributed by atoms with Gasteiger partial charge in [0.1, 0.15) is 0 Å². The van der Waals surface area contributed by atoms with Crippen LogP contribution < -0.4 is 5.32 Å². The molecule has 0 saturated carbocycles. The molecule has 0 radical (unpaired) electrons. The highest BCUT2D eigenvalue weighted by atomic mass is 16.2. The van der Waals surface area contributed by atoms with Crippen molar-refractivity contribution < 1.29 is 9.59 Å². The first-order valence-electron chi connectivity index (χ1n) is 7.70. The van der Waals surface area contributed by atoms with E-state index in [1.807, 2.05) is 31.2 Å². The average Bonchev–Trinajstić information content (AvgIpc) is 2.91. The average molecular weight is 285 g/mol. The Morgan fingerprint density at radius 3 is 2.81 bits per heavy atom. The predicted molar refractivity (Wildman–Crippen MR) is 83.9 cm³/mol. The molecule has 0 bridgehead atoms. The molecule has 1 aliphatic rings. The van der Waals surface area contributed by atoms with Crippen LogP contribution in [0.3, 0.4) is 0 Å². The Morgan fingerprint density at radius 2 is 2.14 bits per heavy atom. The molecule has 1 aromatic rings. The summed E-state index contributed by atoms with van der Waals surface area (Å²) in [4.78, 5) is 23.1. The third-order valence-electron chi connectivity index (χ3n) is 3.95. The van der Waals surface area contributed by atoms with E-state index in [0.29, 0.717) is 6.42 Å². The van der Waals surface area contributed by atoms with Crippen LogP contribution in [0.5, 0.6) is 0 Å². The van der Waals surface area contributed by atoms with E-state index in [4.69, 9.17) is 0 Å². The minimum Gasteiger partial charge on any atom is -0.350 e. The monoisotopic (exact) mass is 285 g/mol. The topological polar surface area (TPSA) is 46.2 Å². The summed E-state index contributed by atoms with van der Waals surface area (Å²) in [6.45, 7) is 1.98. The Balaban J connectivity index is 1.70. The van der Waals surface area contributed by atoms with Crippen LogP contribution in [-0.2, 0) is 16.0 Å². The maximum absolute atomic E-state index is 12.0. The van der Waals surface area contributed by atoms with Crippen LogP contribution >= 0.6 is 0 Å². The molecule has 1 saturated heterocycles. The lowest BCUT2D eigenvalue weighted by Crippen LogP contribution is -2.23. The van der Waals surface area contributed by atoms with Crippen LogP contribution in [0, 0.1) is 5.92 Å². The fraction of sp³-hybridized carbons (Fsp3) is 0.444. The minimum absolute atomic E-state index is 0.0398. The Kier molecular flexibility index (Phi) is 5.73. The lowest BCUT2D eigenvalue weighted by molar-refractivity contribution is -0.119. The normalized spacial score (nSPS) is 19.7. The number of allylic oxidation sites excluding steroid dienone is 1. The van der Waals surface area contributed by atoms with E-state index in [1.165, 1.54) is 5.56 Å². The van der Waals surface area contributed by atoms with Crippen molar-refractivity contribution in [2.45, 2.75) is 45.1 Å². The number of carbonyl (C=O) groups excluding carboxylic acids is 2. The zero-order valence-corrected chi connectivity index (χ0v) is 12.5. The van der Waals surface area contributed by atoms with Gasteiger partial charge in [0.05, 0.1) is 0 Å². The third kappa shape index (κ3) is 5.18. The van der Waals surface area contributed by atoms with Crippen molar-refractivity contribution in [3.8, 4) is 0 Å². The van der Waals surface area contributed by atoms with E-state index >= 15 is 0 Å². The lowest BCUT2D eigenvalue weighted by atomic mass is 9.97. The van der Waals surface area contributed by atoms with Crippen LogP contribution in [0.4, 0.5) is 0 Å². The zero-order chi connectivity index (χ0) is 15.1. The molecule has 2 rings (SSSR count). The van der Waals surface area contributed by atoms with Crippen LogP contribution in [0.25, 0.3) is 0 Å². The van der Waals surface area contributed by atoms with Crippen molar-refractivity contribution in [3.05, 3.63) is 48.0 Å². The molecule has 1 amide bonds. The molecule has 21 heavy (non-hydrogen) atoms. The van der Waals surface area contributed by atoms with Crippen molar-refractivity contribution >= 4 is 11.7 Å². The summed E-state index contributed by atoms with van der Waals surface area (Å²) >= 11 is 0. The first kappa shape index (κ1) is 15.5. The Morgan fingerprint density at radius 1 is 1.38 bits per heavy atom. The fourth-order valence-corrected chi connectivity index (χ4v) is 2.56. The second-order valence-corrected chi connectivity index (χ2v) is 5.75. The highest BCUT2D eigenvalue weighted by Crippen LogP contribution is 2.13. The van der Waals surface area contributed by atoms with E-state index < -0.39 is 0 Å². The number of rotatable bonds is 7. The van der Waals surface area contributed by atoms with Crippen LogP contribution in [0.15, 0.2) is 42.5 Å². The van der Waals surface area contributed by atoms with Crippen molar-refractivity contribution in [1.82, 2.24) is 5.32 Å². The number of aryl methyl sites for hydroxylation is 1. The molecule has 0 aromatic heterocycles. The van der Waals surface area contributed by atoms with Gasteiger partial charge in [-0.05, 0) is 37.3 Å². The standard InChI is InChI=1S/C18H23NO2/c1-14(6-5-9-15-7-3-2-4-8-15)17(20)12-10-16-11-13-18(21)19-16/h2-4,7-8,10,12,14,16H,5-6,9,11,13H2,1H3,(H,19,21)/b12-10+/t14?,16-/m0/s1. The van der Waals surface area contributed by atoms with Crippen LogP contribution in [0.1, 0.15) is 38.2 Å². The molecule has 3 heteroatoms. The van der Waals surface area contributed by atoms with E-state index in [0.717, 1.165) is 25.7 Å². The van der Waals surface area contributed by atoms with Gasteiger partial charge in [0.25, 0.3) is 0 Å². The molecule has 1 aromatic carbocycles. The molecule has 0 aliphatic carbocycles. The van der Waals surface area contributed by atoms with Crippen LogP contribution in [-0.4, -0.2) is 17.7 Å². The molecular weight excluding hydrogens is 262 g/mol. The number of amides is 1. The lowest BCUT2D eigenvalue weighted by Gasteiger charge is -2.08. The number of hydrogen-bond donors (Lipinski definition) is 1. The van der Waals surface area contributed by atoms with Crippen molar-refractivity contribution in [3.63, 3.8) is 0 Å². The Hall–Kier alpha value is -1.90. The van der Waals surface area contributed by atoms with Gasteiger partial charge in [-0.15, -0.1) is 0 Å². The first-order valence-corrected chi connectivity index (χ1v) is 7.70. The molecule has 3 nitrogen and oxygen atoms in total. The number of ketones is 1. The summed E-state index contributed by atoms with van der Waals surface area (Å²) in [6.07, 6.45) is 7.77. The molecule has 0 spiro atoms. The third-order valence-corrected chi connectivity index (χ3v) is 3.95. The highest BCUT2D eigenvalue weighted by molar-refractivity contribution is 5.91. The van der Waals surface area contributed by atoms with Gasteiger partial charge in [0.15, 0.2) is 5.78 Å². The second-order valence-electron chi connectivity index (χ2n) is 5.75. The van der Waals surface area contributed by atoms with Gasteiger partial charge >= 0.3 is 0 Å². The summed E-state index contributed by atoms with van der Waals surface area (Å²) in [7, 11) is 0. The number of benzene rings is 1. The smallest absolute Gasteiger partial charge is 0.220 e. The van der Waals surface area contributed by atoms with Gasteiger partial charge in [-0.3, -0.25) is 9.59 Å². The van der Waals surface area contributed by atoms with E-state index in [2.05, 4.69) is 17.4 Å². The summed E-state index contributed by atoms with van der Waals surface area (Å²) in [5.74, 6) is 0.277. The SMILES string of the molecule is CC(CCCc1ccccc1)C(=O)/C=C/[C@H]1CCC(=O)N1. The second kappa shape index (κ2) is 7.77. The summed E-state index contributed by atoms with van der Waals surface area (Å²) in [5.41, 5.74) is 1.32. The molecular formula is C18H23NO2. The van der Waals surface area contributed by atoms with E-state index in [-0.39, 0.29) is 23.7 Å². The van der Waals surface area contributed by atoms with E-state index in [9.17, 15) is 9.59 Å².